The number of benzene rings is 3. The molecule has 0 atom stereocenters. The molecule has 61 heavy (non-hydrogen) atoms. The number of amides is 2. The Labute approximate surface area is 358 Å². The Bertz CT molecular complexity index is 2430. The molecule has 0 spiro atoms. The first-order valence-corrected chi connectivity index (χ1v) is 21.7. The van der Waals surface area contributed by atoms with E-state index in [0.717, 1.165) is 82.5 Å². The molecular weight excluding hydrogens is 765 g/mol. The van der Waals surface area contributed by atoms with Crippen molar-refractivity contribution in [3.63, 3.8) is 0 Å². The Morgan fingerprint density at radius 1 is 0.885 bits per heavy atom. The van der Waals surface area contributed by atoms with Gasteiger partial charge in [0.1, 0.15) is 12.0 Å². The normalized spacial score (nSPS) is 15.7. The third kappa shape index (κ3) is 10.0. The molecule has 2 aliphatic rings. The lowest BCUT2D eigenvalue weighted by atomic mass is 9.87. The summed E-state index contributed by atoms with van der Waals surface area (Å²) in [5, 5.41) is 13.8. The van der Waals surface area contributed by atoms with E-state index in [1.165, 1.54) is 43.5 Å². The average molecular weight is 823 g/mol. The highest BCUT2D eigenvalue weighted by molar-refractivity contribution is 5.94. The molecule has 5 heterocycles. The minimum absolute atomic E-state index is 0.0360. The average Bonchev–Trinajstić information content (AvgIpc) is 3.96. The van der Waals surface area contributed by atoms with Crippen molar-refractivity contribution in [2.45, 2.75) is 77.7 Å². The molecule has 2 fully saturated rings. The fourth-order valence-corrected chi connectivity index (χ4v) is 8.58. The van der Waals surface area contributed by atoms with Gasteiger partial charge in [0.25, 0.3) is 0 Å². The van der Waals surface area contributed by atoms with Crippen molar-refractivity contribution >= 4 is 34.2 Å². The van der Waals surface area contributed by atoms with E-state index in [0.29, 0.717) is 31.3 Å². The summed E-state index contributed by atoms with van der Waals surface area (Å²) in [4.78, 5) is 47.0. The SMILES string of the molecule is CNCCC(=O)Nc1ccc(N2CCC(CN3CCC(c4ccc(-c5cc6c(-c7ccc(CNC(=O)c8nc(C(C)(C)C)no8)c(C)c7)ncnc6[nH]5)cc4)CC3)CC2)cc1. The van der Waals surface area contributed by atoms with Gasteiger partial charge in [-0.3, -0.25) is 9.59 Å². The van der Waals surface area contributed by atoms with Crippen LogP contribution in [0.3, 0.4) is 0 Å². The second-order valence-electron chi connectivity index (χ2n) is 17.7. The second kappa shape index (κ2) is 18.4. The predicted octanol–water partition coefficient (Wildman–Crippen LogP) is 7.85. The maximum absolute atomic E-state index is 12.7. The maximum Gasteiger partial charge on any atom is 0.315 e. The molecule has 0 bridgehead atoms. The van der Waals surface area contributed by atoms with E-state index < -0.39 is 5.91 Å². The number of H-pyrrole nitrogens is 1. The number of nitrogens with one attached hydrogen (secondary N) is 4. The molecule has 13 nitrogen and oxygen atoms in total. The number of nitrogens with zero attached hydrogens (tertiary/aromatic N) is 6. The number of likely N-dealkylation sites (tertiary alicyclic amines) is 1. The van der Waals surface area contributed by atoms with Crippen molar-refractivity contribution in [2.24, 2.45) is 5.92 Å². The van der Waals surface area contributed by atoms with E-state index in [1.807, 2.05) is 59.0 Å². The Morgan fingerprint density at radius 3 is 2.31 bits per heavy atom. The number of fused-ring (bicyclic) bond motifs is 1. The van der Waals surface area contributed by atoms with Gasteiger partial charge in [-0.1, -0.05) is 62.3 Å². The lowest BCUT2D eigenvalue weighted by Gasteiger charge is -2.38. The Balaban J connectivity index is 0.818. The fourth-order valence-electron chi connectivity index (χ4n) is 8.58. The van der Waals surface area contributed by atoms with E-state index >= 15 is 0 Å². The smallest absolute Gasteiger partial charge is 0.315 e. The summed E-state index contributed by atoms with van der Waals surface area (Å²) in [5.41, 5.74) is 9.98. The molecule has 2 saturated heterocycles. The van der Waals surface area contributed by atoms with Crippen molar-refractivity contribution in [1.82, 2.24) is 40.6 Å². The zero-order valence-corrected chi connectivity index (χ0v) is 36.1. The molecule has 6 aromatic rings. The Morgan fingerprint density at radius 2 is 1.62 bits per heavy atom. The molecule has 3 aromatic carbocycles. The second-order valence-corrected chi connectivity index (χ2v) is 17.7. The maximum atomic E-state index is 12.7. The molecule has 2 amide bonds. The third-order valence-electron chi connectivity index (χ3n) is 12.3. The number of aromatic amines is 1. The van der Waals surface area contributed by atoms with E-state index in [2.05, 4.69) is 94.4 Å². The third-order valence-corrected chi connectivity index (χ3v) is 12.3. The highest BCUT2D eigenvalue weighted by atomic mass is 16.5. The van der Waals surface area contributed by atoms with Gasteiger partial charge in [0.05, 0.1) is 5.69 Å². The topological polar surface area (TPSA) is 157 Å². The standard InChI is InChI=1S/C48H58N10O3/c1-31-26-36(10-11-37(31)28-50-45(60)46-55-47(56-61-46)48(2,3)4)43-40-27-41(54-44(40)52-30-51-43)35-8-6-33(7-9-35)34-19-22-57(23-20-34)29-32-17-24-58(25-18-32)39-14-12-38(13-15-39)53-42(59)16-21-49-5/h6-15,26-27,30,32,34,49H,16-25,28-29H2,1-5H3,(H,50,60)(H,53,59)(H,51,52,54). The number of hydrogen-bond donors (Lipinski definition) is 4. The number of rotatable bonds is 13. The van der Waals surface area contributed by atoms with Gasteiger partial charge in [-0.05, 0) is 123 Å². The summed E-state index contributed by atoms with van der Waals surface area (Å²) in [7, 11) is 1.86. The molecular formula is C48H58N10O3. The van der Waals surface area contributed by atoms with Gasteiger partial charge in [-0.2, -0.15) is 4.98 Å². The van der Waals surface area contributed by atoms with Crippen LogP contribution in [0.2, 0.25) is 0 Å². The first-order chi connectivity index (χ1) is 29.5. The van der Waals surface area contributed by atoms with Gasteiger partial charge in [0, 0.05) is 72.6 Å². The van der Waals surface area contributed by atoms with E-state index in [9.17, 15) is 9.59 Å². The first kappa shape index (κ1) is 41.8. The molecule has 0 radical (unpaired) electrons. The van der Waals surface area contributed by atoms with E-state index in [4.69, 9.17) is 9.51 Å². The largest absolute Gasteiger partial charge is 0.372 e. The first-order valence-electron chi connectivity index (χ1n) is 21.7. The summed E-state index contributed by atoms with van der Waals surface area (Å²) < 4.78 is 5.21. The van der Waals surface area contributed by atoms with E-state index in [-0.39, 0.29) is 17.2 Å². The van der Waals surface area contributed by atoms with Crippen molar-refractivity contribution in [3.05, 3.63) is 108 Å². The number of anilines is 2. The van der Waals surface area contributed by atoms with Crippen molar-refractivity contribution in [3.8, 4) is 22.5 Å². The molecule has 13 heteroatoms. The number of carbonyl (C=O) groups excluding carboxylic acids is 2. The zero-order valence-electron chi connectivity index (χ0n) is 36.1. The zero-order chi connectivity index (χ0) is 42.5. The van der Waals surface area contributed by atoms with Gasteiger partial charge >= 0.3 is 11.8 Å². The van der Waals surface area contributed by atoms with Crippen LogP contribution in [0.15, 0.2) is 83.6 Å². The molecule has 0 unspecified atom stereocenters. The quantitative estimate of drug-likeness (QED) is 0.0905. The Hall–Kier alpha value is -5.92. The number of piperidine rings is 2. The van der Waals surface area contributed by atoms with Crippen molar-refractivity contribution < 1.29 is 14.1 Å². The fraction of sp³-hybridized carbons (Fsp3) is 0.417. The number of carbonyl (C=O) groups is 2. The molecule has 0 saturated carbocycles. The number of aromatic nitrogens is 5. The van der Waals surface area contributed by atoms with Gasteiger partial charge < -0.3 is 35.3 Å². The summed E-state index contributed by atoms with van der Waals surface area (Å²) in [6.45, 7) is 14.6. The highest BCUT2D eigenvalue weighted by Crippen LogP contribution is 2.34. The summed E-state index contributed by atoms with van der Waals surface area (Å²) in [5.74, 6) is 1.40. The van der Waals surface area contributed by atoms with Crippen LogP contribution < -0.4 is 20.9 Å². The molecule has 2 aliphatic heterocycles. The number of aryl methyl sites for hydroxylation is 1. The van der Waals surface area contributed by atoms with Gasteiger partial charge in [0.2, 0.25) is 5.91 Å². The molecule has 0 aliphatic carbocycles. The molecule has 318 valence electrons. The van der Waals surface area contributed by atoms with Gasteiger partial charge in [-0.25, -0.2) is 9.97 Å². The Kier molecular flexibility index (Phi) is 12.6. The minimum Gasteiger partial charge on any atom is -0.372 e. The summed E-state index contributed by atoms with van der Waals surface area (Å²) in [6, 6.07) is 25.7. The van der Waals surface area contributed by atoms with Crippen LogP contribution in [0.25, 0.3) is 33.5 Å². The van der Waals surface area contributed by atoms with Crippen LogP contribution in [-0.2, 0) is 16.8 Å². The van der Waals surface area contributed by atoms with Crippen LogP contribution in [0.1, 0.15) is 92.0 Å². The lowest BCUT2D eigenvalue weighted by Crippen LogP contribution is -2.41. The summed E-state index contributed by atoms with van der Waals surface area (Å²) in [6.07, 6.45) is 6.86. The summed E-state index contributed by atoms with van der Waals surface area (Å²) >= 11 is 0. The van der Waals surface area contributed by atoms with Crippen molar-refractivity contribution in [1.29, 1.82) is 0 Å². The van der Waals surface area contributed by atoms with E-state index in [1.54, 1.807) is 6.33 Å². The van der Waals surface area contributed by atoms with Crippen LogP contribution >= 0.6 is 0 Å². The van der Waals surface area contributed by atoms with Crippen LogP contribution in [0, 0.1) is 12.8 Å². The molecule has 8 rings (SSSR count). The minimum atomic E-state index is -0.397. The molecule has 3 aromatic heterocycles. The van der Waals surface area contributed by atoms with Gasteiger partial charge in [0.15, 0.2) is 5.82 Å². The predicted molar refractivity (Wildman–Crippen MR) is 241 cm³/mol. The lowest BCUT2D eigenvalue weighted by molar-refractivity contribution is -0.116. The monoisotopic (exact) mass is 822 g/mol. The van der Waals surface area contributed by atoms with Crippen LogP contribution in [0.5, 0.6) is 0 Å². The van der Waals surface area contributed by atoms with Crippen molar-refractivity contribution in [2.75, 3.05) is 56.5 Å². The van der Waals surface area contributed by atoms with Gasteiger partial charge in [-0.15, -0.1) is 0 Å². The number of hydrogen-bond acceptors (Lipinski definition) is 10. The highest BCUT2D eigenvalue weighted by Gasteiger charge is 2.27. The van der Waals surface area contributed by atoms with Crippen LogP contribution in [-0.4, -0.2) is 88.1 Å². The van der Waals surface area contributed by atoms with Crippen LogP contribution in [0.4, 0.5) is 11.4 Å². The molecule has 4 N–H and O–H groups in total.